The van der Waals surface area contributed by atoms with Crippen molar-refractivity contribution in [1.29, 1.82) is 0 Å². The number of anilines is 1. The summed E-state index contributed by atoms with van der Waals surface area (Å²) in [6.07, 6.45) is 1.33. The minimum atomic E-state index is -0.500. The zero-order valence-electron chi connectivity index (χ0n) is 11.6. The van der Waals surface area contributed by atoms with E-state index in [1.54, 1.807) is 11.0 Å². The first kappa shape index (κ1) is 14.3. The molecule has 0 aliphatic heterocycles. The van der Waals surface area contributed by atoms with Crippen molar-refractivity contribution in [2.24, 2.45) is 0 Å². The molecule has 0 unspecified atom stereocenters. The van der Waals surface area contributed by atoms with Gasteiger partial charge in [-0.05, 0) is 45.4 Å². The zero-order chi connectivity index (χ0) is 13.8. The third-order valence-electron chi connectivity index (χ3n) is 2.24. The number of amides is 1. The van der Waals surface area contributed by atoms with E-state index in [4.69, 9.17) is 4.74 Å². The van der Waals surface area contributed by atoms with Crippen molar-refractivity contribution in [1.82, 2.24) is 0 Å². The van der Waals surface area contributed by atoms with E-state index in [1.807, 2.05) is 52.0 Å². The summed E-state index contributed by atoms with van der Waals surface area (Å²) in [5, 5.41) is 0. The highest BCUT2D eigenvalue weighted by molar-refractivity contribution is 5.88. The Labute approximate surface area is 109 Å². The molecule has 0 aliphatic carbocycles. The first-order valence-electron chi connectivity index (χ1n) is 6.01. The smallest absolute Gasteiger partial charge is 0.415 e. The molecule has 0 fully saturated rings. The number of hydrogen-bond acceptors (Lipinski definition) is 2. The maximum Gasteiger partial charge on any atom is 0.415 e. The van der Waals surface area contributed by atoms with Crippen LogP contribution >= 0.6 is 0 Å². The number of aryl methyl sites for hydroxylation is 1. The van der Waals surface area contributed by atoms with Crippen LogP contribution in [0.3, 0.4) is 0 Å². The fourth-order valence-corrected chi connectivity index (χ4v) is 1.53. The van der Waals surface area contributed by atoms with Crippen molar-refractivity contribution in [3.8, 4) is 0 Å². The molecule has 0 spiro atoms. The molecule has 1 amide bonds. The van der Waals surface area contributed by atoms with Gasteiger partial charge >= 0.3 is 6.09 Å². The van der Waals surface area contributed by atoms with Crippen LogP contribution in [0, 0.1) is 6.92 Å². The van der Waals surface area contributed by atoms with Crippen molar-refractivity contribution >= 4 is 11.8 Å². The van der Waals surface area contributed by atoms with Crippen molar-refractivity contribution in [3.63, 3.8) is 0 Å². The lowest BCUT2D eigenvalue weighted by Crippen LogP contribution is -2.37. The molecule has 1 rings (SSSR count). The molecule has 0 N–H and O–H groups in total. The summed E-state index contributed by atoms with van der Waals surface area (Å²) in [5.41, 5.74) is 1.43. The SMILES string of the molecule is C=CCN(C(=O)OC(C)(C)C)c1cccc(C)c1. The van der Waals surface area contributed by atoms with Crippen molar-refractivity contribution in [2.75, 3.05) is 11.4 Å². The molecule has 0 aliphatic rings. The molecule has 0 saturated carbocycles. The van der Waals surface area contributed by atoms with Gasteiger partial charge in [0.25, 0.3) is 0 Å². The van der Waals surface area contributed by atoms with E-state index >= 15 is 0 Å². The van der Waals surface area contributed by atoms with Crippen LogP contribution < -0.4 is 4.90 Å². The van der Waals surface area contributed by atoms with Gasteiger partial charge in [-0.2, -0.15) is 0 Å². The third kappa shape index (κ3) is 4.24. The lowest BCUT2D eigenvalue weighted by Gasteiger charge is -2.26. The topological polar surface area (TPSA) is 29.5 Å². The normalized spacial score (nSPS) is 10.9. The summed E-state index contributed by atoms with van der Waals surface area (Å²) in [5.74, 6) is 0. The van der Waals surface area contributed by atoms with Gasteiger partial charge in [0.15, 0.2) is 0 Å². The van der Waals surface area contributed by atoms with E-state index in [1.165, 1.54) is 0 Å². The second kappa shape index (κ2) is 5.71. The summed E-state index contributed by atoms with van der Waals surface area (Å²) in [6.45, 7) is 11.7. The summed E-state index contributed by atoms with van der Waals surface area (Å²) < 4.78 is 5.39. The van der Waals surface area contributed by atoms with Gasteiger partial charge in [-0.1, -0.05) is 18.2 Å². The van der Waals surface area contributed by atoms with Crippen LogP contribution in [0.5, 0.6) is 0 Å². The van der Waals surface area contributed by atoms with Gasteiger partial charge in [-0.25, -0.2) is 4.79 Å². The Bertz CT molecular complexity index is 432. The van der Waals surface area contributed by atoms with Gasteiger partial charge in [0.2, 0.25) is 0 Å². The Morgan fingerprint density at radius 1 is 1.44 bits per heavy atom. The highest BCUT2D eigenvalue weighted by atomic mass is 16.6. The fourth-order valence-electron chi connectivity index (χ4n) is 1.53. The van der Waals surface area contributed by atoms with Crippen LogP contribution in [0.4, 0.5) is 10.5 Å². The van der Waals surface area contributed by atoms with Gasteiger partial charge < -0.3 is 4.74 Å². The van der Waals surface area contributed by atoms with Crippen LogP contribution in [-0.2, 0) is 4.74 Å². The lowest BCUT2D eigenvalue weighted by molar-refractivity contribution is 0.0584. The van der Waals surface area contributed by atoms with E-state index in [2.05, 4.69) is 6.58 Å². The Morgan fingerprint density at radius 2 is 2.11 bits per heavy atom. The van der Waals surface area contributed by atoms with E-state index < -0.39 is 5.60 Å². The van der Waals surface area contributed by atoms with E-state index in [0.29, 0.717) is 6.54 Å². The second-order valence-electron chi connectivity index (χ2n) is 5.22. The Kier molecular flexibility index (Phi) is 4.54. The van der Waals surface area contributed by atoms with Crippen molar-refractivity contribution in [3.05, 3.63) is 42.5 Å². The van der Waals surface area contributed by atoms with Crippen LogP contribution in [0.15, 0.2) is 36.9 Å². The van der Waals surface area contributed by atoms with Gasteiger partial charge in [-0.15, -0.1) is 6.58 Å². The highest BCUT2D eigenvalue weighted by Gasteiger charge is 2.22. The number of ether oxygens (including phenoxy) is 1. The maximum absolute atomic E-state index is 12.1. The number of benzene rings is 1. The zero-order valence-corrected chi connectivity index (χ0v) is 11.6. The van der Waals surface area contributed by atoms with E-state index in [9.17, 15) is 4.79 Å². The molecule has 0 heterocycles. The van der Waals surface area contributed by atoms with Crippen molar-refractivity contribution < 1.29 is 9.53 Å². The molecular weight excluding hydrogens is 226 g/mol. The molecule has 0 atom stereocenters. The molecule has 1 aromatic carbocycles. The minimum absolute atomic E-state index is 0.354. The van der Waals surface area contributed by atoms with Gasteiger partial charge in [0, 0.05) is 12.2 Å². The molecule has 18 heavy (non-hydrogen) atoms. The predicted molar refractivity (Wildman–Crippen MR) is 75.0 cm³/mol. The standard InChI is InChI=1S/C15H21NO2/c1-6-10-16(14(17)18-15(3,4)5)13-9-7-8-12(2)11-13/h6-9,11H,1,10H2,2-5H3. The lowest BCUT2D eigenvalue weighted by atomic mass is 10.2. The van der Waals surface area contributed by atoms with Crippen LogP contribution in [0.25, 0.3) is 0 Å². The largest absolute Gasteiger partial charge is 0.443 e. The molecule has 0 bridgehead atoms. The first-order valence-corrected chi connectivity index (χ1v) is 6.01. The minimum Gasteiger partial charge on any atom is -0.443 e. The molecule has 3 heteroatoms. The van der Waals surface area contributed by atoms with Gasteiger partial charge in [0.05, 0.1) is 0 Å². The summed E-state index contributed by atoms with van der Waals surface area (Å²) >= 11 is 0. The summed E-state index contributed by atoms with van der Waals surface area (Å²) in [6, 6.07) is 7.75. The quantitative estimate of drug-likeness (QED) is 0.757. The molecule has 1 aromatic rings. The van der Waals surface area contributed by atoms with E-state index in [-0.39, 0.29) is 6.09 Å². The highest BCUT2D eigenvalue weighted by Crippen LogP contribution is 2.19. The molecule has 0 radical (unpaired) electrons. The van der Waals surface area contributed by atoms with E-state index in [0.717, 1.165) is 11.3 Å². The Balaban J connectivity index is 2.95. The van der Waals surface area contributed by atoms with Gasteiger partial charge in [0.1, 0.15) is 5.60 Å². The predicted octanol–water partition coefficient (Wildman–Crippen LogP) is 3.92. The Morgan fingerprint density at radius 3 is 2.61 bits per heavy atom. The van der Waals surface area contributed by atoms with Crippen LogP contribution in [-0.4, -0.2) is 18.2 Å². The average Bonchev–Trinajstić information content (AvgIpc) is 2.23. The first-order chi connectivity index (χ1) is 8.33. The summed E-state index contributed by atoms with van der Waals surface area (Å²) in [7, 11) is 0. The number of nitrogens with zero attached hydrogens (tertiary/aromatic N) is 1. The third-order valence-corrected chi connectivity index (χ3v) is 2.24. The molecular formula is C15H21NO2. The van der Waals surface area contributed by atoms with Crippen LogP contribution in [0.2, 0.25) is 0 Å². The Hall–Kier alpha value is -1.77. The van der Waals surface area contributed by atoms with Gasteiger partial charge in [-0.3, -0.25) is 4.90 Å². The van der Waals surface area contributed by atoms with Crippen molar-refractivity contribution in [2.45, 2.75) is 33.3 Å². The average molecular weight is 247 g/mol. The molecule has 3 nitrogen and oxygen atoms in total. The molecule has 0 aromatic heterocycles. The maximum atomic E-state index is 12.1. The monoisotopic (exact) mass is 247 g/mol. The fraction of sp³-hybridized carbons (Fsp3) is 0.400. The molecule has 0 saturated heterocycles. The number of hydrogen-bond donors (Lipinski definition) is 0. The number of carbonyl (C=O) groups excluding carboxylic acids is 1. The molecule has 98 valence electrons. The second-order valence-corrected chi connectivity index (χ2v) is 5.22. The summed E-state index contributed by atoms with van der Waals surface area (Å²) in [4.78, 5) is 13.7. The van der Waals surface area contributed by atoms with Crippen LogP contribution in [0.1, 0.15) is 26.3 Å². The number of carbonyl (C=O) groups is 1. The number of rotatable bonds is 3.